The van der Waals surface area contributed by atoms with E-state index in [9.17, 15) is 13.5 Å². The summed E-state index contributed by atoms with van der Waals surface area (Å²) in [5, 5.41) is 10.6. The van der Waals surface area contributed by atoms with E-state index < -0.39 is 22.2 Å². The molecule has 2 N–H and O–H groups in total. The second kappa shape index (κ2) is 6.75. The molecule has 7 nitrogen and oxygen atoms in total. The number of hydrogen-bond donors (Lipinski definition) is 2. The van der Waals surface area contributed by atoms with E-state index in [1.165, 1.54) is 5.56 Å². The highest BCUT2D eigenvalue weighted by Crippen LogP contribution is 2.42. The molecule has 8 heteroatoms. The van der Waals surface area contributed by atoms with Gasteiger partial charge in [-0.3, -0.25) is 0 Å². The highest BCUT2D eigenvalue weighted by atomic mass is 32.2. The SMILES string of the molecule is C[C@H]1CCN1c1nc2c(c(-c3ccc4c(c3)C(O)CC4NS(C)(=O)=O)n1)CCC2. The lowest BCUT2D eigenvalue weighted by Crippen LogP contribution is -2.46. The molecule has 2 unspecified atom stereocenters. The standard InChI is InChI=1S/C21H26N4O3S/c1-12-8-9-25(12)21-22-17-5-3-4-15(17)20(23-21)13-6-7-14-16(10-13)19(26)11-18(14)24-29(2,27)28/h6-7,10,12,18-19,24,26H,3-5,8-9,11H2,1-2H3/t12-,18?,19?/m0/s1. The first-order valence-electron chi connectivity index (χ1n) is 10.3. The van der Waals surface area contributed by atoms with Gasteiger partial charge in [-0.25, -0.2) is 23.1 Å². The van der Waals surface area contributed by atoms with Gasteiger partial charge in [-0.15, -0.1) is 0 Å². The quantitative estimate of drug-likeness (QED) is 0.797. The highest BCUT2D eigenvalue weighted by molar-refractivity contribution is 7.88. The van der Waals surface area contributed by atoms with Gasteiger partial charge in [0.25, 0.3) is 0 Å². The maximum Gasteiger partial charge on any atom is 0.226 e. The Kier molecular flexibility index (Phi) is 4.42. The van der Waals surface area contributed by atoms with Crippen LogP contribution in [-0.2, 0) is 22.9 Å². The fourth-order valence-electron chi connectivity index (χ4n) is 4.78. The Bertz CT molecular complexity index is 1090. The third-order valence-corrected chi connectivity index (χ3v) is 7.12. The van der Waals surface area contributed by atoms with Crippen LogP contribution in [0.2, 0.25) is 0 Å². The van der Waals surface area contributed by atoms with E-state index in [0.717, 1.165) is 72.5 Å². The minimum Gasteiger partial charge on any atom is -0.388 e. The molecular weight excluding hydrogens is 388 g/mol. The molecule has 1 fully saturated rings. The molecule has 2 aromatic rings. The third kappa shape index (κ3) is 3.33. The minimum atomic E-state index is -3.35. The average Bonchev–Trinajstić information content (AvgIpc) is 3.23. The van der Waals surface area contributed by atoms with Crippen molar-refractivity contribution in [3.63, 3.8) is 0 Å². The van der Waals surface area contributed by atoms with Crippen LogP contribution in [0.4, 0.5) is 5.95 Å². The summed E-state index contributed by atoms with van der Waals surface area (Å²) in [5.74, 6) is 0.803. The number of hydrogen-bond acceptors (Lipinski definition) is 6. The predicted octanol–water partition coefficient (Wildman–Crippen LogP) is 2.26. The van der Waals surface area contributed by atoms with Crippen molar-refractivity contribution in [2.75, 3.05) is 17.7 Å². The fraction of sp³-hybridized carbons (Fsp3) is 0.524. The number of aliphatic hydroxyl groups is 1. The van der Waals surface area contributed by atoms with E-state index in [1.807, 2.05) is 18.2 Å². The van der Waals surface area contributed by atoms with Crippen LogP contribution >= 0.6 is 0 Å². The Labute approximate surface area is 171 Å². The molecule has 0 spiro atoms. The molecule has 3 atom stereocenters. The van der Waals surface area contributed by atoms with Crippen molar-refractivity contribution in [3.8, 4) is 11.3 Å². The van der Waals surface area contributed by atoms with Crippen LogP contribution in [0.25, 0.3) is 11.3 Å². The molecule has 1 aromatic heterocycles. The van der Waals surface area contributed by atoms with Gasteiger partial charge in [-0.1, -0.05) is 12.1 Å². The lowest BCUT2D eigenvalue weighted by Gasteiger charge is -2.39. The maximum absolute atomic E-state index is 11.7. The average molecular weight is 415 g/mol. The number of sulfonamides is 1. The number of benzene rings is 1. The molecule has 2 aliphatic carbocycles. The zero-order valence-corrected chi connectivity index (χ0v) is 17.5. The molecule has 29 heavy (non-hydrogen) atoms. The van der Waals surface area contributed by atoms with Gasteiger partial charge in [0.05, 0.1) is 18.1 Å². The normalized spacial score (nSPS) is 25.6. The van der Waals surface area contributed by atoms with Crippen LogP contribution in [0.3, 0.4) is 0 Å². The van der Waals surface area contributed by atoms with Crippen molar-refractivity contribution in [3.05, 3.63) is 40.6 Å². The first-order valence-corrected chi connectivity index (χ1v) is 12.2. The topological polar surface area (TPSA) is 95.4 Å². The van der Waals surface area contributed by atoms with Gasteiger partial charge in [0.1, 0.15) is 0 Å². The third-order valence-electron chi connectivity index (χ3n) is 6.41. The van der Waals surface area contributed by atoms with Crippen LogP contribution < -0.4 is 9.62 Å². The summed E-state index contributed by atoms with van der Waals surface area (Å²) in [4.78, 5) is 12.0. The molecule has 0 bridgehead atoms. The van der Waals surface area contributed by atoms with Gasteiger partial charge in [-0.05, 0) is 56.2 Å². The maximum atomic E-state index is 11.7. The van der Waals surface area contributed by atoms with Crippen LogP contribution in [0.15, 0.2) is 18.2 Å². The second-order valence-electron chi connectivity index (χ2n) is 8.52. The first-order chi connectivity index (χ1) is 13.8. The Balaban J connectivity index is 1.56. The van der Waals surface area contributed by atoms with Crippen LogP contribution in [0.1, 0.15) is 60.7 Å². The monoisotopic (exact) mass is 414 g/mol. The van der Waals surface area contributed by atoms with Crippen molar-refractivity contribution >= 4 is 16.0 Å². The number of fused-ring (bicyclic) bond motifs is 2. The van der Waals surface area contributed by atoms with Crippen LogP contribution in [0.5, 0.6) is 0 Å². The van der Waals surface area contributed by atoms with E-state index >= 15 is 0 Å². The first kappa shape index (κ1) is 19.0. The molecule has 1 aliphatic heterocycles. The lowest BCUT2D eigenvalue weighted by molar-refractivity contribution is 0.172. The van der Waals surface area contributed by atoms with E-state index in [2.05, 4.69) is 16.5 Å². The molecule has 154 valence electrons. The van der Waals surface area contributed by atoms with Crippen LogP contribution in [-0.4, -0.2) is 42.3 Å². The highest BCUT2D eigenvalue weighted by Gasteiger charge is 2.33. The number of aryl methyl sites for hydroxylation is 1. The molecule has 0 saturated carbocycles. The molecule has 3 aliphatic rings. The van der Waals surface area contributed by atoms with Gasteiger partial charge < -0.3 is 10.0 Å². The fourth-order valence-corrected chi connectivity index (χ4v) is 5.52. The zero-order valence-electron chi connectivity index (χ0n) is 16.7. The summed E-state index contributed by atoms with van der Waals surface area (Å²) in [7, 11) is -3.35. The van der Waals surface area contributed by atoms with Gasteiger partial charge in [-0.2, -0.15) is 0 Å². The van der Waals surface area contributed by atoms with Gasteiger partial charge in [0.15, 0.2) is 0 Å². The number of nitrogens with zero attached hydrogens (tertiary/aromatic N) is 3. The van der Waals surface area contributed by atoms with Crippen LogP contribution in [0, 0.1) is 0 Å². The summed E-state index contributed by atoms with van der Waals surface area (Å²) in [6, 6.07) is 5.98. The largest absolute Gasteiger partial charge is 0.388 e. The summed E-state index contributed by atoms with van der Waals surface area (Å²) in [6.45, 7) is 3.18. The molecule has 0 amide bonds. The number of anilines is 1. The number of aromatic nitrogens is 2. The number of rotatable bonds is 4. The van der Waals surface area contributed by atoms with E-state index in [1.54, 1.807) is 0 Å². The zero-order chi connectivity index (χ0) is 20.3. The molecule has 0 radical (unpaired) electrons. The molecule has 1 saturated heterocycles. The van der Waals surface area contributed by atoms with Crippen molar-refractivity contribution in [2.24, 2.45) is 0 Å². The van der Waals surface area contributed by atoms with E-state index in [0.29, 0.717) is 12.5 Å². The summed E-state index contributed by atoms with van der Waals surface area (Å²) in [5.41, 5.74) is 5.90. The molecular formula is C21H26N4O3S. The van der Waals surface area contributed by atoms with E-state index in [4.69, 9.17) is 9.97 Å². The second-order valence-corrected chi connectivity index (χ2v) is 10.3. The predicted molar refractivity (Wildman–Crippen MR) is 111 cm³/mol. The van der Waals surface area contributed by atoms with Crippen molar-refractivity contribution in [2.45, 2.75) is 57.2 Å². The Morgan fingerprint density at radius 3 is 2.72 bits per heavy atom. The van der Waals surface area contributed by atoms with Crippen molar-refractivity contribution < 1.29 is 13.5 Å². The summed E-state index contributed by atoms with van der Waals surface area (Å²) in [6.07, 6.45) is 5.01. The lowest BCUT2D eigenvalue weighted by atomic mass is 9.99. The molecule has 1 aromatic carbocycles. The van der Waals surface area contributed by atoms with Crippen molar-refractivity contribution in [1.82, 2.24) is 14.7 Å². The van der Waals surface area contributed by atoms with Gasteiger partial charge in [0, 0.05) is 35.4 Å². The Hall–Kier alpha value is -2.03. The Morgan fingerprint density at radius 1 is 1.21 bits per heavy atom. The smallest absolute Gasteiger partial charge is 0.226 e. The number of nitrogens with one attached hydrogen (secondary N) is 1. The van der Waals surface area contributed by atoms with Crippen molar-refractivity contribution in [1.29, 1.82) is 0 Å². The molecule has 5 rings (SSSR count). The summed E-state index contributed by atoms with van der Waals surface area (Å²) < 4.78 is 26.0. The summed E-state index contributed by atoms with van der Waals surface area (Å²) >= 11 is 0. The van der Waals surface area contributed by atoms with Gasteiger partial charge in [0.2, 0.25) is 16.0 Å². The van der Waals surface area contributed by atoms with E-state index in [-0.39, 0.29) is 0 Å². The molecule has 2 heterocycles. The number of aliphatic hydroxyl groups excluding tert-OH is 1. The Morgan fingerprint density at radius 2 is 2.03 bits per heavy atom. The minimum absolute atomic E-state index is 0.351. The van der Waals surface area contributed by atoms with Gasteiger partial charge >= 0.3 is 0 Å².